The molecule has 0 saturated carbocycles. The standard InChI is InChI=1S/C21H19ClFN3O4/c22-15-7-13(8-16(23)10-15)11-24-19(28)21(30)4-6-26(20(21)29)17-1-2-18-14(9-17)3-5-25(18)12-27/h1-2,7-10,12,30H,3-6,11H2,(H,24,28)/t21-/m0/s1. The van der Waals surface area contributed by atoms with Gasteiger partial charge in [0.2, 0.25) is 12.0 Å². The molecule has 30 heavy (non-hydrogen) atoms. The number of rotatable bonds is 5. The number of hydrogen-bond acceptors (Lipinski definition) is 4. The van der Waals surface area contributed by atoms with Crippen LogP contribution >= 0.6 is 11.6 Å². The van der Waals surface area contributed by atoms with E-state index in [2.05, 4.69) is 5.32 Å². The predicted molar refractivity (Wildman–Crippen MR) is 109 cm³/mol. The summed E-state index contributed by atoms with van der Waals surface area (Å²) in [6.45, 7) is 0.670. The summed E-state index contributed by atoms with van der Waals surface area (Å²) in [5.74, 6) is -2.11. The molecule has 1 fully saturated rings. The zero-order valence-corrected chi connectivity index (χ0v) is 16.7. The van der Waals surface area contributed by atoms with Crippen LogP contribution in [0.2, 0.25) is 5.02 Å². The first-order valence-electron chi connectivity index (χ1n) is 9.44. The van der Waals surface area contributed by atoms with E-state index in [4.69, 9.17) is 11.6 Å². The fraction of sp³-hybridized carbons (Fsp3) is 0.286. The lowest BCUT2D eigenvalue weighted by Gasteiger charge is -2.22. The number of fused-ring (bicyclic) bond motifs is 1. The third-order valence-electron chi connectivity index (χ3n) is 5.48. The molecule has 1 atom stereocenters. The molecule has 4 rings (SSSR count). The van der Waals surface area contributed by atoms with Crippen LogP contribution in [-0.4, -0.2) is 42.0 Å². The van der Waals surface area contributed by atoms with Crippen molar-refractivity contribution in [2.45, 2.75) is 25.0 Å². The summed E-state index contributed by atoms with van der Waals surface area (Å²) >= 11 is 5.80. The maximum atomic E-state index is 13.4. The molecule has 3 amide bonds. The normalized spacial score (nSPS) is 20.4. The van der Waals surface area contributed by atoms with Crippen LogP contribution in [0.1, 0.15) is 17.5 Å². The van der Waals surface area contributed by atoms with Gasteiger partial charge in [0.15, 0.2) is 0 Å². The maximum absolute atomic E-state index is 13.4. The number of nitrogens with one attached hydrogen (secondary N) is 1. The van der Waals surface area contributed by atoms with Crippen LogP contribution in [0, 0.1) is 5.82 Å². The number of halogens is 2. The van der Waals surface area contributed by atoms with Crippen molar-refractivity contribution in [1.82, 2.24) is 5.32 Å². The first-order chi connectivity index (χ1) is 14.3. The monoisotopic (exact) mass is 431 g/mol. The van der Waals surface area contributed by atoms with E-state index in [9.17, 15) is 23.9 Å². The molecule has 0 unspecified atom stereocenters. The largest absolute Gasteiger partial charge is 0.372 e. The molecular formula is C21H19ClFN3O4. The Labute approximate surface area is 177 Å². The van der Waals surface area contributed by atoms with E-state index in [0.717, 1.165) is 23.7 Å². The average molecular weight is 432 g/mol. The van der Waals surface area contributed by atoms with Gasteiger partial charge in [0, 0.05) is 42.5 Å². The minimum Gasteiger partial charge on any atom is -0.372 e. The number of benzene rings is 2. The van der Waals surface area contributed by atoms with Crippen molar-refractivity contribution in [3.05, 3.63) is 58.4 Å². The fourth-order valence-electron chi connectivity index (χ4n) is 3.90. The fourth-order valence-corrected chi connectivity index (χ4v) is 4.14. The number of carbonyl (C=O) groups excluding carboxylic acids is 3. The molecule has 0 spiro atoms. The van der Waals surface area contributed by atoms with E-state index in [-0.39, 0.29) is 24.5 Å². The second-order valence-electron chi connectivity index (χ2n) is 7.39. The summed E-state index contributed by atoms with van der Waals surface area (Å²) in [5.41, 5.74) is 0.493. The van der Waals surface area contributed by atoms with Crippen LogP contribution in [0.25, 0.3) is 0 Å². The molecule has 156 valence electrons. The van der Waals surface area contributed by atoms with E-state index in [1.165, 1.54) is 17.0 Å². The molecule has 0 bridgehead atoms. The first kappa shape index (κ1) is 20.3. The van der Waals surface area contributed by atoms with Crippen molar-refractivity contribution in [2.24, 2.45) is 0 Å². The number of nitrogens with zero attached hydrogens (tertiary/aromatic N) is 2. The van der Waals surface area contributed by atoms with Gasteiger partial charge in [-0.15, -0.1) is 0 Å². The number of anilines is 2. The second-order valence-corrected chi connectivity index (χ2v) is 7.83. The highest BCUT2D eigenvalue weighted by Gasteiger charge is 2.51. The lowest BCUT2D eigenvalue weighted by atomic mass is 10.0. The molecule has 9 heteroatoms. The molecule has 2 aromatic rings. The number of carbonyl (C=O) groups is 3. The van der Waals surface area contributed by atoms with Crippen LogP contribution in [0.3, 0.4) is 0 Å². The summed E-state index contributed by atoms with van der Waals surface area (Å²) in [6.07, 6.45) is 1.37. The summed E-state index contributed by atoms with van der Waals surface area (Å²) in [4.78, 5) is 39.5. The van der Waals surface area contributed by atoms with Gasteiger partial charge in [-0.3, -0.25) is 14.4 Å². The van der Waals surface area contributed by atoms with Crippen LogP contribution in [0.15, 0.2) is 36.4 Å². The zero-order valence-electron chi connectivity index (χ0n) is 15.9. The Balaban J connectivity index is 1.47. The highest BCUT2D eigenvalue weighted by atomic mass is 35.5. The molecule has 2 aromatic carbocycles. The lowest BCUT2D eigenvalue weighted by Crippen LogP contribution is -2.52. The Hall–Kier alpha value is -2.97. The van der Waals surface area contributed by atoms with Crippen molar-refractivity contribution in [1.29, 1.82) is 0 Å². The Kier molecular flexibility index (Phi) is 5.21. The third-order valence-corrected chi connectivity index (χ3v) is 5.70. The summed E-state index contributed by atoms with van der Waals surface area (Å²) < 4.78 is 13.4. The number of aliphatic hydroxyl groups is 1. The average Bonchev–Trinajstić information content (AvgIpc) is 3.26. The van der Waals surface area contributed by atoms with Crippen LogP contribution in [0.4, 0.5) is 15.8 Å². The van der Waals surface area contributed by atoms with Gasteiger partial charge >= 0.3 is 0 Å². The Morgan fingerprint density at radius 1 is 1.27 bits per heavy atom. The van der Waals surface area contributed by atoms with Crippen molar-refractivity contribution in [2.75, 3.05) is 22.9 Å². The van der Waals surface area contributed by atoms with Crippen molar-refractivity contribution >= 4 is 41.2 Å². The molecular weight excluding hydrogens is 413 g/mol. The third kappa shape index (κ3) is 3.53. The Morgan fingerprint density at radius 3 is 2.80 bits per heavy atom. The highest BCUT2D eigenvalue weighted by Crippen LogP contribution is 2.34. The van der Waals surface area contributed by atoms with Crippen LogP contribution in [-0.2, 0) is 27.3 Å². The number of hydrogen-bond donors (Lipinski definition) is 2. The zero-order chi connectivity index (χ0) is 21.5. The van der Waals surface area contributed by atoms with Gasteiger partial charge in [0.1, 0.15) is 5.82 Å². The lowest BCUT2D eigenvalue weighted by molar-refractivity contribution is -0.149. The van der Waals surface area contributed by atoms with Crippen molar-refractivity contribution < 1.29 is 23.9 Å². The highest BCUT2D eigenvalue weighted by molar-refractivity contribution is 6.30. The maximum Gasteiger partial charge on any atom is 0.268 e. The molecule has 0 aromatic heterocycles. The molecule has 7 nitrogen and oxygen atoms in total. The summed E-state index contributed by atoms with van der Waals surface area (Å²) in [7, 11) is 0. The molecule has 2 heterocycles. The summed E-state index contributed by atoms with van der Waals surface area (Å²) in [6, 6.07) is 9.09. The Bertz CT molecular complexity index is 1030. The molecule has 2 aliphatic heterocycles. The Morgan fingerprint density at radius 2 is 2.07 bits per heavy atom. The van der Waals surface area contributed by atoms with E-state index in [1.807, 2.05) is 0 Å². The van der Waals surface area contributed by atoms with Gasteiger partial charge in [-0.25, -0.2) is 4.39 Å². The molecule has 2 N–H and O–H groups in total. The van der Waals surface area contributed by atoms with Crippen LogP contribution in [0.5, 0.6) is 0 Å². The molecule has 0 aliphatic carbocycles. The van der Waals surface area contributed by atoms with Crippen molar-refractivity contribution in [3.63, 3.8) is 0 Å². The minimum atomic E-state index is -2.20. The predicted octanol–water partition coefficient (Wildman–Crippen LogP) is 1.78. The van der Waals surface area contributed by atoms with Gasteiger partial charge in [-0.05, 0) is 53.9 Å². The minimum absolute atomic E-state index is 0.0703. The van der Waals surface area contributed by atoms with E-state index in [1.54, 1.807) is 23.1 Å². The SMILES string of the molecule is O=CN1CCc2cc(N3CC[C@](O)(C(=O)NCc4cc(F)cc(Cl)c4)C3=O)ccc21. The van der Waals surface area contributed by atoms with Gasteiger partial charge < -0.3 is 20.2 Å². The second kappa shape index (κ2) is 7.70. The van der Waals surface area contributed by atoms with Gasteiger partial charge in [0.25, 0.3) is 11.8 Å². The molecule has 2 aliphatic rings. The molecule has 0 radical (unpaired) electrons. The quantitative estimate of drug-likeness (QED) is 0.558. The molecule has 1 saturated heterocycles. The summed E-state index contributed by atoms with van der Waals surface area (Å²) in [5, 5.41) is 13.4. The smallest absolute Gasteiger partial charge is 0.268 e. The van der Waals surface area contributed by atoms with E-state index < -0.39 is 23.2 Å². The van der Waals surface area contributed by atoms with Gasteiger partial charge in [-0.2, -0.15) is 0 Å². The first-order valence-corrected chi connectivity index (χ1v) is 9.82. The topological polar surface area (TPSA) is 89.9 Å². The van der Waals surface area contributed by atoms with E-state index in [0.29, 0.717) is 24.2 Å². The van der Waals surface area contributed by atoms with Crippen molar-refractivity contribution in [3.8, 4) is 0 Å². The van der Waals surface area contributed by atoms with Gasteiger partial charge in [-0.1, -0.05) is 11.6 Å². The van der Waals surface area contributed by atoms with Gasteiger partial charge in [0.05, 0.1) is 0 Å². The van der Waals surface area contributed by atoms with E-state index >= 15 is 0 Å². The number of amides is 3. The van der Waals surface area contributed by atoms with Crippen LogP contribution < -0.4 is 15.1 Å².